The maximum Gasteiger partial charge on any atom is 0.234 e. The molecular weight excluding hydrogens is 298 g/mol. The van der Waals surface area contributed by atoms with Crippen LogP contribution in [0.2, 0.25) is 0 Å². The minimum Gasteiger partial charge on any atom is -0.325 e. The highest BCUT2D eigenvalue weighted by atomic mass is 32.2. The first-order valence-corrected chi connectivity index (χ1v) is 8.00. The number of benzene rings is 1. The molecule has 0 aliphatic heterocycles. The summed E-state index contributed by atoms with van der Waals surface area (Å²) in [4.78, 5) is 12.0. The highest BCUT2D eigenvalue weighted by molar-refractivity contribution is 7.99. The van der Waals surface area contributed by atoms with Gasteiger partial charge in [0.15, 0.2) is 5.16 Å². The lowest BCUT2D eigenvalue weighted by molar-refractivity contribution is -0.113. The lowest BCUT2D eigenvalue weighted by Crippen LogP contribution is -2.14. The fourth-order valence-corrected chi connectivity index (χ4v) is 3.01. The van der Waals surface area contributed by atoms with Gasteiger partial charge in [-0.25, -0.2) is 0 Å². The third-order valence-corrected chi connectivity index (χ3v) is 4.32. The Morgan fingerprint density at radius 3 is 2.77 bits per heavy atom. The van der Waals surface area contributed by atoms with Crippen LogP contribution in [0, 0.1) is 18.3 Å². The largest absolute Gasteiger partial charge is 0.325 e. The fourth-order valence-electron chi connectivity index (χ4n) is 2.16. The molecule has 7 heteroatoms. The molecule has 1 fully saturated rings. The van der Waals surface area contributed by atoms with Gasteiger partial charge in [-0.05, 0) is 44.0 Å². The van der Waals surface area contributed by atoms with E-state index in [0.717, 1.165) is 23.8 Å². The second kappa shape index (κ2) is 6.20. The number of aromatic nitrogens is 3. The Bertz CT molecular complexity index is 727. The Morgan fingerprint density at radius 2 is 2.14 bits per heavy atom. The van der Waals surface area contributed by atoms with Crippen molar-refractivity contribution < 1.29 is 4.79 Å². The standard InChI is InChI=1S/C15H15N5OS/c1-10-18-19-15(20(10)13-6-7-13)22-9-14(21)17-12-4-2-11(8-16)3-5-12/h2-5,13H,6-7,9H2,1H3,(H,17,21). The summed E-state index contributed by atoms with van der Waals surface area (Å²) in [6.45, 7) is 1.94. The number of nitrogens with zero attached hydrogens (tertiary/aromatic N) is 4. The molecule has 22 heavy (non-hydrogen) atoms. The number of thioether (sulfide) groups is 1. The highest BCUT2D eigenvalue weighted by Crippen LogP contribution is 2.38. The number of aryl methyl sites for hydroxylation is 1. The van der Waals surface area contributed by atoms with Crippen LogP contribution in [0.5, 0.6) is 0 Å². The molecule has 1 saturated carbocycles. The third-order valence-electron chi connectivity index (χ3n) is 3.38. The second-order valence-corrected chi connectivity index (χ2v) is 6.10. The molecular formula is C15H15N5OS. The number of carbonyl (C=O) groups excluding carboxylic acids is 1. The predicted molar refractivity (Wildman–Crippen MR) is 83.5 cm³/mol. The van der Waals surface area contributed by atoms with E-state index in [4.69, 9.17) is 5.26 Å². The molecule has 0 unspecified atom stereocenters. The van der Waals surface area contributed by atoms with Gasteiger partial charge in [0, 0.05) is 11.7 Å². The maximum atomic E-state index is 12.0. The van der Waals surface area contributed by atoms with Gasteiger partial charge in [-0.1, -0.05) is 11.8 Å². The minimum atomic E-state index is -0.0993. The number of nitriles is 1. The van der Waals surface area contributed by atoms with E-state index in [0.29, 0.717) is 17.3 Å². The van der Waals surface area contributed by atoms with Crippen LogP contribution in [0.15, 0.2) is 29.4 Å². The number of anilines is 1. The van der Waals surface area contributed by atoms with Crippen molar-refractivity contribution in [3.8, 4) is 6.07 Å². The van der Waals surface area contributed by atoms with Crippen molar-refractivity contribution >= 4 is 23.4 Å². The molecule has 1 heterocycles. The van der Waals surface area contributed by atoms with E-state index in [1.807, 2.05) is 13.0 Å². The maximum absolute atomic E-state index is 12.0. The molecule has 6 nitrogen and oxygen atoms in total. The number of hydrogen-bond donors (Lipinski definition) is 1. The van der Waals surface area contributed by atoms with E-state index >= 15 is 0 Å². The highest BCUT2D eigenvalue weighted by Gasteiger charge is 2.28. The summed E-state index contributed by atoms with van der Waals surface area (Å²) >= 11 is 1.40. The van der Waals surface area contributed by atoms with E-state index < -0.39 is 0 Å². The number of hydrogen-bond acceptors (Lipinski definition) is 5. The Balaban J connectivity index is 1.57. The average molecular weight is 313 g/mol. The van der Waals surface area contributed by atoms with Gasteiger partial charge < -0.3 is 9.88 Å². The molecule has 2 aromatic rings. The molecule has 1 N–H and O–H groups in total. The van der Waals surface area contributed by atoms with Crippen molar-refractivity contribution in [3.63, 3.8) is 0 Å². The molecule has 1 amide bonds. The van der Waals surface area contributed by atoms with Crippen molar-refractivity contribution in [2.24, 2.45) is 0 Å². The van der Waals surface area contributed by atoms with Gasteiger partial charge in [-0.3, -0.25) is 4.79 Å². The van der Waals surface area contributed by atoms with Gasteiger partial charge >= 0.3 is 0 Å². The molecule has 1 aliphatic carbocycles. The number of amides is 1. The van der Waals surface area contributed by atoms with Crippen molar-refractivity contribution in [2.75, 3.05) is 11.1 Å². The predicted octanol–water partition coefficient (Wildman–Crippen LogP) is 2.52. The van der Waals surface area contributed by atoms with Crippen molar-refractivity contribution in [1.82, 2.24) is 14.8 Å². The fraction of sp³-hybridized carbons (Fsp3) is 0.333. The summed E-state index contributed by atoms with van der Waals surface area (Å²) in [6.07, 6.45) is 2.31. The van der Waals surface area contributed by atoms with E-state index in [9.17, 15) is 4.79 Å². The van der Waals surface area contributed by atoms with Crippen LogP contribution in [0.3, 0.4) is 0 Å². The quantitative estimate of drug-likeness (QED) is 0.858. The topological polar surface area (TPSA) is 83.6 Å². The van der Waals surface area contributed by atoms with Crippen molar-refractivity contribution in [2.45, 2.75) is 31.0 Å². The molecule has 0 saturated heterocycles. The number of carbonyl (C=O) groups is 1. The molecule has 1 aliphatic rings. The number of nitrogens with one attached hydrogen (secondary N) is 1. The van der Waals surface area contributed by atoms with Gasteiger partial charge in [0.25, 0.3) is 0 Å². The SMILES string of the molecule is Cc1nnc(SCC(=O)Nc2ccc(C#N)cc2)n1C1CC1. The van der Waals surface area contributed by atoms with E-state index in [-0.39, 0.29) is 11.7 Å². The third kappa shape index (κ3) is 3.28. The first-order valence-electron chi connectivity index (χ1n) is 7.01. The van der Waals surface area contributed by atoms with Crippen LogP contribution in [0.4, 0.5) is 5.69 Å². The van der Waals surface area contributed by atoms with Crippen LogP contribution in [0.25, 0.3) is 0 Å². The minimum absolute atomic E-state index is 0.0993. The molecule has 0 atom stereocenters. The molecule has 1 aromatic heterocycles. The van der Waals surface area contributed by atoms with Gasteiger partial charge in [-0.15, -0.1) is 10.2 Å². The lowest BCUT2D eigenvalue weighted by atomic mass is 10.2. The normalized spacial score (nSPS) is 13.6. The molecule has 0 bridgehead atoms. The van der Waals surface area contributed by atoms with Crippen molar-refractivity contribution in [3.05, 3.63) is 35.7 Å². The second-order valence-electron chi connectivity index (χ2n) is 5.16. The average Bonchev–Trinajstić information content (AvgIpc) is 3.29. The van der Waals surface area contributed by atoms with E-state index in [2.05, 4.69) is 20.1 Å². The Kier molecular flexibility index (Phi) is 4.11. The zero-order valence-electron chi connectivity index (χ0n) is 12.1. The lowest BCUT2D eigenvalue weighted by Gasteiger charge is -2.07. The monoisotopic (exact) mass is 313 g/mol. The summed E-state index contributed by atoms with van der Waals surface area (Å²) in [5.41, 5.74) is 1.25. The van der Waals surface area contributed by atoms with Crippen LogP contribution in [-0.4, -0.2) is 26.4 Å². The van der Waals surface area contributed by atoms with Gasteiger partial charge in [0.1, 0.15) is 5.82 Å². The van der Waals surface area contributed by atoms with Crippen molar-refractivity contribution in [1.29, 1.82) is 5.26 Å². The van der Waals surface area contributed by atoms with E-state index in [1.165, 1.54) is 11.8 Å². The van der Waals surface area contributed by atoms with Gasteiger partial charge in [0.2, 0.25) is 5.91 Å². The summed E-state index contributed by atoms with van der Waals surface area (Å²) in [5, 5.41) is 20.6. The summed E-state index contributed by atoms with van der Waals surface area (Å²) < 4.78 is 2.11. The molecule has 1 aromatic carbocycles. The molecule has 0 radical (unpaired) electrons. The summed E-state index contributed by atoms with van der Waals surface area (Å²) in [6, 6.07) is 9.34. The Morgan fingerprint density at radius 1 is 1.41 bits per heavy atom. The Labute approximate surface area is 132 Å². The smallest absolute Gasteiger partial charge is 0.234 e. The molecule has 112 valence electrons. The summed E-state index contributed by atoms with van der Waals surface area (Å²) in [5.74, 6) is 1.08. The Hall–Kier alpha value is -2.33. The zero-order chi connectivity index (χ0) is 15.5. The molecule has 0 spiro atoms. The first-order chi connectivity index (χ1) is 10.7. The summed E-state index contributed by atoms with van der Waals surface area (Å²) in [7, 11) is 0. The number of rotatable bonds is 5. The van der Waals surface area contributed by atoms with Gasteiger partial charge in [0.05, 0.1) is 17.4 Å². The molecule has 3 rings (SSSR count). The van der Waals surface area contributed by atoms with Gasteiger partial charge in [-0.2, -0.15) is 5.26 Å². The van der Waals surface area contributed by atoms with Crippen LogP contribution in [-0.2, 0) is 4.79 Å². The van der Waals surface area contributed by atoms with Crippen LogP contribution in [0.1, 0.15) is 30.3 Å². The van der Waals surface area contributed by atoms with E-state index in [1.54, 1.807) is 24.3 Å². The van der Waals surface area contributed by atoms with Crippen LogP contribution >= 0.6 is 11.8 Å². The first kappa shape index (κ1) is 14.6. The zero-order valence-corrected chi connectivity index (χ0v) is 12.9. The van der Waals surface area contributed by atoms with Crippen LogP contribution < -0.4 is 5.32 Å².